The van der Waals surface area contributed by atoms with Gasteiger partial charge in [-0.1, -0.05) is 20.3 Å². The summed E-state index contributed by atoms with van der Waals surface area (Å²) in [5.74, 6) is 0.451. The Kier molecular flexibility index (Phi) is 3.26. The van der Waals surface area contributed by atoms with Crippen LogP contribution in [0.1, 0.15) is 40.0 Å². The lowest BCUT2D eigenvalue weighted by Crippen LogP contribution is -2.14. The summed E-state index contributed by atoms with van der Waals surface area (Å²) in [5.41, 5.74) is 1.78. The van der Waals surface area contributed by atoms with Crippen molar-refractivity contribution in [1.29, 1.82) is 0 Å². The minimum atomic E-state index is -0.397. The Morgan fingerprint density at radius 3 is 2.62 bits per heavy atom. The second-order valence-electron chi connectivity index (χ2n) is 3.91. The normalized spacial score (nSPS) is 25.5. The number of aliphatic hydroxyl groups is 1. The summed E-state index contributed by atoms with van der Waals surface area (Å²) in [7, 11) is 0. The number of Topliss-reactive ketones (excluding diaryl/α,β-unsaturated/α-hetero) is 1. The number of allylic oxidation sites excluding steroid dienone is 1. The van der Waals surface area contributed by atoms with E-state index in [0.29, 0.717) is 6.42 Å². The van der Waals surface area contributed by atoms with E-state index in [1.807, 2.05) is 20.8 Å². The van der Waals surface area contributed by atoms with Crippen molar-refractivity contribution < 1.29 is 9.90 Å². The van der Waals surface area contributed by atoms with Crippen molar-refractivity contribution in [2.75, 3.05) is 0 Å². The quantitative estimate of drug-likeness (QED) is 0.725. The number of hydrogen-bond donors (Lipinski definition) is 1. The molecule has 0 aromatic rings. The highest BCUT2D eigenvalue weighted by molar-refractivity contribution is 5.98. The molecule has 13 heavy (non-hydrogen) atoms. The lowest BCUT2D eigenvalue weighted by molar-refractivity contribution is -0.115. The fraction of sp³-hybridized carbons (Fsp3) is 0.727. The van der Waals surface area contributed by atoms with Gasteiger partial charge in [-0.15, -0.1) is 0 Å². The van der Waals surface area contributed by atoms with Gasteiger partial charge < -0.3 is 5.11 Å². The van der Waals surface area contributed by atoms with Gasteiger partial charge in [0.25, 0.3) is 0 Å². The first-order chi connectivity index (χ1) is 6.07. The molecule has 0 saturated carbocycles. The Labute approximate surface area is 79.6 Å². The van der Waals surface area contributed by atoms with E-state index in [1.165, 1.54) is 0 Å². The lowest BCUT2D eigenvalue weighted by Gasteiger charge is -2.15. The highest BCUT2D eigenvalue weighted by atomic mass is 16.3. The minimum absolute atomic E-state index is 0.206. The van der Waals surface area contributed by atoms with Gasteiger partial charge in [-0.05, 0) is 30.4 Å². The topological polar surface area (TPSA) is 37.3 Å². The monoisotopic (exact) mass is 182 g/mol. The van der Waals surface area contributed by atoms with Crippen LogP contribution >= 0.6 is 0 Å². The van der Waals surface area contributed by atoms with Crippen molar-refractivity contribution >= 4 is 5.78 Å². The summed E-state index contributed by atoms with van der Waals surface area (Å²) >= 11 is 0. The van der Waals surface area contributed by atoms with Crippen molar-refractivity contribution in [3.8, 4) is 0 Å². The Balaban J connectivity index is 2.82. The molecule has 0 aromatic heterocycles. The van der Waals surface area contributed by atoms with Crippen LogP contribution in [-0.4, -0.2) is 17.0 Å². The summed E-state index contributed by atoms with van der Waals surface area (Å²) in [6.07, 6.45) is 1.91. The predicted octanol–water partition coefficient (Wildman–Crippen LogP) is 2.07. The summed E-state index contributed by atoms with van der Waals surface area (Å²) in [4.78, 5) is 11.3. The summed E-state index contributed by atoms with van der Waals surface area (Å²) in [6.45, 7) is 5.89. The summed E-state index contributed by atoms with van der Waals surface area (Å²) < 4.78 is 0. The summed E-state index contributed by atoms with van der Waals surface area (Å²) in [6, 6.07) is 0. The summed E-state index contributed by atoms with van der Waals surface area (Å²) in [5, 5.41) is 9.80. The molecule has 0 aromatic carbocycles. The third-order valence-electron chi connectivity index (χ3n) is 2.79. The highest BCUT2D eigenvalue weighted by Gasteiger charge is 2.29. The SMILES string of the molecule is CCCC(O)C1=C(C)C(=O)CC1C. The van der Waals surface area contributed by atoms with Crippen LogP contribution in [0, 0.1) is 5.92 Å². The van der Waals surface area contributed by atoms with Gasteiger partial charge in [-0.2, -0.15) is 0 Å². The Morgan fingerprint density at radius 2 is 2.23 bits per heavy atom. The van der Waals surface area contributed by atoms with Crippen LogP contribution in [-0.2, 0) is 4.79 Å². The van der Waals surface area contributed by atoms with E-state index in [1.54, 1.807) is 0 Å². The van der Waals surface area contributed by atoms with Crippen LogP contribution in [0.5, 0.6) is 0 Å². The van der Waals surface area contributed by atoms with Gasteiger partial charge in [-0.25, -0.2) is 0 Å². The molecule has 0 spiro atoms. The van der Waals surface area contributed by atoms with E-state index < -0.39 is 6.10 Å². The molecule has 2 heteroatoms. The van der Waals surface area contributed by atoms with Gasteiger partial charge >= 0.3 is 0 Å². The molecule has 0 aliphatic heterocycles. The molecule has 1 rings (SSSR count). The van der Waals surface area contributed by atoms with E-state index in [4.69, 9.17) is 0 Å². The molecule has 1 aliphatic carbocycles. The number of ketones is 1. The first-order valence-electron chi connectivity index (χ1n) is 4.99. The van der Waals surface area contributed by atoms with Crippen LogP contribution in [0.2, 0.25) is 0 Å². The smallest absolute Gasteiger partial charge is 0.159 e. The van der Waals surface area contributed by atoms with Crippen LogP contribution in [0.15, 0.2) is 11.1 Å². The Morgan fingerprint density at radius 1 is 1.62 bits per heavy atom. The largest absolute Gasteiger partial charge is 0.389 e. The molecule has 2 nitrogen and oxygen atoms in total. The van der Waals surface area contributed by atoms with Crippen LogP contribution in [0.25, 0.3) is 0 Å². The fourth-order valence-electron chi connectivity index (χ4n) is 2.08. The van der Waals surface area contributed by atoms with E-state index >= 15 is 0 Å². The van der Waals surface area contributed by atoms with E-state index in [9.17, 15) is 9.90 Å². The van der Waals surface area contributed by atoms with Crippen molar-refractivity contribution in [2.24, 2.45) is 5.92 Å². The van der Waals surface area contributed by atoms with Crippen molar-refractivity contribution in [2.45, 2.75) is 46.1 Å². The average Bonchev–Trinajstić information content (AvgIpc) is 2.27. The Hall–Kier alpha value is -0.630. The molecule has 2 unspecified atom stereocenters. The number of aliphatic hydroxyl groups excluding tert-OH is 1. The molecule has 1 N–H and O–H groups in total. The molecule has 0 heterocycles. The Bertz CT molecular complexity index is 240. The maximum Gasteiger partial charge on any atom is 0.159 e. The van der Waals surface area contributed by atoms with Gasteiger partial charge in [0.2, 0.25) is 0 Å². The molecule has 1 aliphatic rings. The lowest BCUT2D eigenvalue weighted by atomic mass is 9.95. The van der Waals surface area contributed by atoms with Gasteiger partial charge in [0.05, 0.1) is 6.10 Å². The van der Waals surface area contributed by atoms with Crippen LogP contribution in [0.3, 0.4) is 0 Å². The number of rotatable bonds is 3. The van der Waals surface area contributed by atoms with Gasteiger partial charge in [0.15, 0.2) is 5.78 Å². The third kappa shape index (κ3) is 1.99. The highest BCUT2D eigenvalue weighted by Crippen LogP contribution is 2.32. The minimum Gasteiger partial charge on any atom is -0.389 e. The van der Waals surface area contributed by atoms with Gasteiger partial charge in [0, 0.05) is 6.42 Å². The molecule has 2 atom stereocenters. The number of carbonyl (C=O) groups excluding carboxylic acids is 1. The maximum absolute atomic E-state index is 11.3. The molecule has 74 valence electrons. The van der Waals surface area contributed by atoms with E-state index in [-0.39, 0.29) is 11.7 Å². The van der Waals surface area contributed by atoms with Gasteiger partial charge in [0.1, 0.15) is 0 Å². The zero-order valence-electron chi connectivity index (χ0n) is 8.63. The molecule has 0 radical (unpaired) electrons. The molecule has 0 fully saturated rings. The van der Waals surface area contributed by atoms with Gasteiger partial charge in [-0.3, -0.25) is 4.79 Å². The molecular weight excluding hydrogens is 164 g/mol. The third-order valence-corrected chi connectivity index (χ3v) is 2.79. The van der Waals surface area contributed by atoms with Crippen LogP contribution in [0.4, 0.5) is 0 Å². The first-order valence-corrected chi connectivity index (χ1v) is 4.99. The standard InChI is InChI=1S/C11H18O2/c1-4-5-9(12)11-7(2)6-10(13)8(11)3/h7,9,12H,4-6H2,1-3H3. The number of carbonyl (C=O) groups is 1. The first kappa shape index (κ1) is 10.5. The molecular formula is C11H18O2. The zero-order valence-corrected chi connectivity index (χ0v) is 8.63. The fourth-order valence-corrected chi connectivity index (χ4v) is 2.08. The van der Waals surface area contributed by atoms with Crippen molar-refractivity contribution in [3.05, 3.63) is 11.1 Å². The predicted molar refractivity (Wildman–Crippen MR) is 52.4 cm³/mol. The van der Waals surface area contributed by atoms with Crippen molar-refractivity contribution in [1.82, 2.24) is 0 Å². The average molecular weight is 182 g/mol. The zero-order chi connectivity index (χ0) is 10.0. The second-order valence-corrected chi connectivity index (χ2v) is 3.91. The van der Waals surface area contributed by atoms with Crippen molar-refractivity contribution in [3.63, 3.8) is 0 Å². The molecule has 0 amide bonds. The van der Waals surface area contributed by atoms with E-state index in [0.717, 1.165) is 24.0 Å². The molecule has 0 bridgehead atoms. The number of hydrogen-bond acceptors (Lipinski definition) is 2. The van der Waals surface area contributed by atoms with Crippen LogP contribution < -0.4 is 0 Å². The molecule has 0 saturated heterocycles. The second kappa shape index (κ2) is 4.05. The van der Waals surface area contributed by atoms with E-state index in [2.05, 4.69) is 0 Å². The maximum atomic E-state index is 11.3.